The fourth-order valence-electron chi connectivity index (χ4n) is 2.73. The van der Waals surface area contributed by atoms with E-state index in [1.165, 1.54) is 28.8 Å². The molecule has 1 aliphatic heterocycles. The van der Waals surface area contributed by atoms with Crippen LogP contribution in [0, 0.1) is 0 Å². The average molecular weight is 491 g/mol. The second-order valence-electron chi connectivity index (χ2n) is 6.19. The third kappa shape index (κ3) is 4.68. The van der Waals surface area contributed by atoms with E-state index < -0.39 is 5.97 Å². The van der Waals surface area contributed by atoms with Gasteiger partial charge in [-0.2, -0.15) is 0 Å². The number of carboxylic acids is 1. The zero-order valence-electron chi connectivity index (χ0n) is 16.5. The van der Waals surface area contributed by atoms with Crippen LogP contribution in [-0.4, -0.2) is 47.8 Å². The van der Waals surface area contributed by atoms with Gasteiger partial charge in [-0.3, -0.25) is 9.69 Å². The van der Waals surface area contributed by atoms with Crippen molar-refractivity contribution in [2.75, 3.05) is 20.8 Å². The molecule has 3 rings (SSSR count). The first-order valence-corrected chi connectivity index (χ1v) is 10.5. The second-order valence-corrected chi connectivity index (χ2v) is 8.06. The summed E-state index contributed by atoms with van der Waals surface area (Å²) in [6, 6.07) is 9.90. The van der Waals surface area contributed by atoms with Gasteiger partial charge in [0, 0.05) is 7.05 Å². The van der Waals surface area contributed by atoms with Crippen molar-refractivity contribution in [3.63, 3.8) is 0 Å². The Morgan fingerprint density at radius 2 is 2.10 bits per heavy atom. The minimum absolute atomic E-state index is 0.135. The predicted octanol–water partition coefficient (Wildman–Crippen LogP) is 4.79. The largest absolute Gasteiger partial charge is 0.493 e. The SMILES string of the molecule is CCOc1c(Br)cc(C=C2SC(=Nc3cccc(C(=O)O)c3)N(C)C2=O)cc1OC. The van der Waals surface area contributed by atoms with Gasteiger partial charge in [-0.05, 0) is 76.6 Å². The number of rotatable bonds is 6. The quantitative estimate of drug-likeness (QED) is 0.585. The highest BCUT2D eigenvalue weighted by atomic mass is 79.9. The van der Waals surface area contributed by atoms with Crippen LogP contribution in [0.3, 0.4) is 0 Å². The summed E-state index contributed by atoms with van der Waals surface area (Å²) in [6.07, 6.45) is 1.75. The molecule has 0 bridgehead atoms. The van der Waals surface area contributed by atoms with Gasteiger partial charge >= 0.3 is 5.97 Å². The van der Waals surface area contributed by atoms with Crippen molar-refractivity contribution in [2.45, 2.75) is 6.92 Å². The van der Waals surface area contributed by atoms with Crippen LogP contribution in [0.15, 0.2) is 50.8 Å². The Morgan fingerprint density at radius 1 is 1.33 bits per heavy atom. The number of hydrogen-bond acceptors (Lipinski definition) is 6. The first-order valence-electron chi connectivity index (χ1n) is 8.94. The van der Waals surface area contributed by atoms with Crippen molar-refractivity contribution in [1.29, 1.82) is 0 Å². The van der Waals surface area contributed by atoms with E-state index in [9.17, 15) is 9.59 Å². The third-order valence-electron chi connectivity index (χ3n) is 4.16. The minimum atomic E-state index is -1.03. The third-order valence-corrected chi connectivity index (χ3v) is 5.81. The average Bonchev–Trinajstić information content (AvgIpc) is 2.97. The molecule has 9 heteroatoms. The van der Waals surface area contributed by atoms with Gasteiger partial charge in [-0.25, -0.2) is 9.79 Å². The van der Waals surface area contributed by atoms with Gasteiger partial charge in [0.15, 0.2) is 16.7 Å². The lowest BCUT2D eigenvalue weighted by Gasteiger charge is -2.12. The van der Waals surface area contributed by atoms with Crippen LogP contribution >= 0.6 is 27.7 Å². The first-order chi connectivity index (χ1) is 14.3. The number of hydrogen-bond donors (Lipinski definition) is 1. The summed E-state index contributed by atoms with van der Waals surface area (Å²) in [5, 5.41) is 9.60. The lowest BCUT2D eigenvalue weighted by atomic mass is 10.2. The molecule has 0 saturated carbocycles. The van der Waals surface area contributed by atoms with Crippen molar-refractivity contribution in [2.24, 2.45) is 4.99 Å². The summed E-state index contributed by atoms with van der Waals surface area (Å²) in [5.74, 6) is -0.0697. The highest BCUT2D eigenvalue weighted by Crippen LogP contribution is 2.39. The van der Waals surface area contributed by atoms with E-state index in [0.29, 0.717) is 33.9 Å². The van der Waals surface area contributed by atoms with Crippen molar-refractivity contribution < 1.29 is 24.2 Å². The van der Waals surface area contributed by atoms with Crippen LogP contribution in [0.5, 0.6) is 11.5 Å². The number of carbonyl (C=O) groups is 2. The summed E-state index contributed by atoms with van der Waals surface area (Å²) in [6.45, 7) is 2.38. The minimum Gasteiger partial charge on any atom is -0.493 e. The molecule has 1 heterocycles. The Bertz CT molecular complexity index is 1070. The Morgan fingerprint density at radius 3 is 2.77 bits per heavy atom. The van der Waals surface area contributed by atoms with Gasteiger partial charge < -0.3 is 14.6 Å². The first kappa shape index (κ1) is 21.9. The molecule has 1 amide bonds. The molecule has 156 valence electrons. The molecule has 1 aliphatic rings. The number of ether oxygens (including phenoxy) is 2. The normalized spacial score (nSPS) is 16.4. The number of likely N-dealkylation sites (N-methyl/N-ethyl adjacent to an activating group) is 1. The van der Waals surface area contributed by atoms with Crippen LogP contribution in [0.1, 0.15) is 22.8 Å². The Kier molecular flexibility index (Phi) is 6.84. The summed E-state index contributed by atoms with van der Waals surface area (Å²) >= 11 is 4.70. The molecular formula is C21H19BrN2O5S. The lowest BCUT2D eigenvalue weighted by Crippen LogP contribution is -2.23. The van der Waals surface area contributed by atoms with E-state index in [1.807, 2.05) is 13.0 Å². The molecule has 0 aliphatic carbocycles. The van der Waals surface area contributed by atoms with Gasteiger partial charge in [0.25, 0.3) is 5.91 Å². The fourth-order valence-corrected chi connectivity index (χ4v) is 4.29. The number of benzene rings is 2. The number of thioether (sulfide) groups is 1. The monoisotopic (exact) mass is 490 g/mol. The standard InChI is InChI=1S/C21H19BrN2O5S/c1-4-29-18-15(22)8-12(9-16(18)28-3)10-17-19(25)24(2)21(30-17)23-14-7-5-6-13(11-14)20(26)27/h5-11H,4H2,1-3H3,(H,26,27). The van der Waals surface area contributed by atoms with Crippen molar-refractivity contribution in [3.8, 4) is 11.5 Å². The molecule has 0 radical (unpaired) electrons. The van der Waals surface area contributed by atoms with E-state index in [4.69, 9.17) is 14.6 Å². The van der Waals surface area contributed by atoms with Crippen LogP contribution in [-0.2, 0) is 4.79 Å². The zero-order valence-corrected chi connectivity index (χ0v) is 18.9. The number of amidine groups is 1. The molecule has 1 fully saturated rings. The summed E-state index contributed by atoms with van der Waals surface area (Å²) < 4.78 is 11.7. The molecule has 2 aromatic rings. The number of aromatic carboxylic acids is 1. The summed E-state index contributed by atoms with van der Waals surface area (Å²) in [7, 11) is 3.19. The number of methoxy groups -OCH3 is 1. The van der Waals surface area contributed by atoms with E-state index in [-0.39, 0.29) is 11.5 Å². The topological polar surface area (TPSA) is 88.4 Å². The van der Waals surface area contributed by atoms with Crippen LogP contribution in [0.2, 0.25) is 0 Å². The molecule has 1 saturated heterocycles. The highest BCUT2D eigenvalue weighted by Gasteiger charge is 2.30. The molecule has 2 aromatic carbocycles. The number of carboxylic acid groups (broad SMARTS) is 1. The van der Waals surface area contributed by atoms with Crippen molar-refractivity contribution in [1.82, 2.24) is 4.90 Å². The molecule has 0 unspecified atom stereocenters. The van der Waals surface area contributed by atoms with Crippen LogP contribution < -0.4 is 9.47 Å². The number of nitrogens with zero attached hydrogens (tertiary/aromatic N) is 2. The molecule has 0 spiro atoms. The Balaban J connectivity index is 1.93. The number of amides is 1. The van der Waals surface area contributed by atoms with Crippen LogP contribution in [0.4, 0.5) is 5.69 Å². The lowest BCUT2D eigenvalue weighted by molar-refractivity contribution is -0.121. The predicted molar refractivity (Wildman–Crippen MR) is 121 cm³/mol. The Labute approximate surface area is 186 Å². The maximum Gasteiger partial charge on any atom is 0.335 e. The molecular weight excluding hydrogens is 472 g/mol. The highest BCUT2D eigenvalue weighted by molar-refractivity contribution is 9.10. The van der Waals surface area contributed by atoms with E-state index in [1.54, 1.807) is 38.4 Å². The van der Waals surface area contributed by atoms with Gasteiger partial charge in [0.05, 0.1) is 34.3 Å². The van der Waals surface area contributed by atoms with Gasteiger partial charge in [-0.15, -0.1) is 0 Å². The molecule has 0 aromatic heterocycles. The fraction of sp³-hybridized carbons (Fsp3) is 0.190. The molecule has 7 nitrogen and oxygen atoms in total. The summed E-state index contributed by atoms with van der Waals surface area (Å²) in [5.41, 5.74) is 1.36. The Hall–Kier alpha value is -2.78. The van der Waals surface area contributed by atoms with Crippen molar-refractivity contribution in [3.05, 3.63) is 56.9 Å². The number of carbonyl (C=O) groups excluding carboxylic acids is 1. The number of halogens is 1. The maximum absolute atomic E-state index is 12.7. The zero-order chi connectivity index (χ0) is 21.8. The number of aliphatic imine (C=N–C) groups is 1. The van der Waals surface area contributed by atoms with Gasteiger partial charge in [0.1, 0.15) is 0 Å². The van der Waals surface area contributed by atoms with E-state index in [2.05, 4.69) is 20.9 Å². The van der Waals surface area contributed by atoms with Crippen molar-refractivity contribution >= 4 is 56.5 Å². The van der Waals surface area contributed by atoms with E-state index >= 15 is 0 Å². The molecule has 30 heavy (non-hydrogen) atoms. The smallest absolute Gasteiger partial charge is 0.335 e. The van der Waals surface area contributed by atoms with Crippen LogP contribution in [0.25, 0.3) is 6.08 Å². The molecule has 0 atom stereocenters. The maximum atomic E-state index is 12.7. The van der Waals surface area contributed by atoms with Gasteiger partial charge in [-0.1, -0.05) is 6.07 Å². The second kappa shape index (κ2) is 9.36. The molecule has 1 N–H and O–H groups in total. The summed E-state index contributed by atoms with van der Waals surface area (Å²) in [4.78, 5) is 30.2. The van der Waals surface area contributed by atoms with E-state index in [0.717, 1.165) is 10.0 Å². The van der Waals surface area contributed by atoms with Gasteiger partial charge in [0.2, 0.25) is 0 Å².